The van der Waals surface area contributed by atoms with Gasteiger partial charge in [0.1, 0.15) is 12.2 Å². The standard InChI is InChI=1S/C9H12F2N2O6/c10-8(18)6(16)4(3-14)19-9(8,11)13-2-1-5(15)12-7(13)17/h4,6,14,16,18H,1-3H2,(H,12,15,17)/t4-,6-,8-,9+/m1/s1. The molecule has 2 aliphatic heterocycles. The number of aliphatic hydroxyl groups is 3. The molecule has 0 aromatic heterocycles. The van der Waals surface area contributed by atoms with Gasteiger partial charge in [-0.25, -0.2) is 9.18 Å². The van der Waals surface area contributed by atoms with Crippen LogP contribution in [-0.2, 0) is 9.53 Å². The summed E-state index contributed by atoms with van der Waals surface area (Å²) >= 11 is 0. The zero-order valence-corrected chi connectivity index (χ0v) is 9.55. The van der Waals surface area contributed by atoms with E-state index in [9.17, 15) is 28.6 Å². The first kappa shape index (κ1) is 14.1. The number of halogens is 2. The normalized spacial score (nSPS) is 43.5. The van der Waals surface area contributed by atoms with Crippen LogP contribution in [0.5, 0.6) is 0 Å². The molecule has 2 aliphatic rings. The minimum atomic E-state index is -3.93. The predicted octanol–water partition coefficient (Wildman–Crippen LogP) is -2.04. The summed E-state index contributed by atoms with van der Waals surface area (Å²) in [4.78, 5) is 22.5. The Hall–Kier alpha value is -1.36. The van der Waals surface area contributed by atoms with Crippen molar-refractivity contribution in [2.75, 3.05) is 13.2 Å². The van der Waals surface area contributed by atoms with Crippen LogP contribution < -0.4 is 5.32 Å². The van der Waals surface area contributed by atoms with Crippen LogP contribution in [0.25, 0.3) is 0 Å². The van der Waals surface area contributed by atoms with Crippen molar-refractivity contribution < 1.29 is 38.4 Å². The molecule has 0 unspecified atom stereocenters. The molecule has 2 rings (SSSR count). The summed E-state index contributed by atoms with van der Waals surface area (Å²) in [6, 6.07) is -1.30. The third kappa shape index (κ3) is 1.87. The molecule has 3 amide bonds. The van der Waals surface area contributed by atoms with E-state index in [4.69, 9.17) is 5.11 Å². The van der Waals surface area contributed by atoms with Gasteiger partial charge in [-0.15, -0.1) is 0 Å². The summed E-state index contributed by atoms with van der Waals surface area (Å²) in [5.41, 5.74) is 0. The van der Waals surface area contributed by atoms with Gasteiger partial charge in [-0.2, -0.15) is 4.39 Å². The number of amides is 3. The van der Waals surface area contributed by atoms with Crippen molar-refractivity contribution in [2.24, 2.45) is 0 Å². The lowest BCUT2D eigenvalue weighted by Crippen LogP contribution is -2.66. The average molecular weight is 282 g/mol. The van der Waals surface area contributed by atoms with Crippen molar-refractivity contribution in [3.8, 4) is 0 Å². The molecule has 2 fully saturated rings. The number of alkyl halides is 2. The molecule has 108 valence electrons. The highest BCUT2D eigenvalue weighted by Crippen LogP contribution is 2.45. The quantitative estimate of drug-likeness (QED) is 0.433. The number of imide groups is 1. The second-order valence-corrected chi connectivity index (χ2v) is 4.27. The van der Waals surface area contributed by atoms with Gasteiger partial charge < -0.3 is 20.1 Å². The van der Waals surface area contributed by atoms with Crippen LogP contribution in [0.3, 0.4) is 0 Å². The van der Waals surface area contributed by atoms with Crippen molar-refractivity contribution in [3.05, 3.63) is 0 Å². The molecule has 19 heavy (non-hydrogen) atoms. The maximum Gasteiger partial charge on any atom is 0.356 e. The SMILES string of the molecule is O=C1CCN([C@]2(F)O[C@H](CO)[C@@H](O)[C@]2(O)F)C(=O)N1. The zero-order valence-electron chi connectivity index (χ0n) is 9.55. The van der Waals surface area contributed by atoms with Crippen LogP contribution in [0, 0.1) is 0 Å². The van der Waals surface area contributed by atoms with E-state index in [-0.39, 0.29) is 11.3 Å². The number of nitrogens with one attached hydrogen (secondary N) is 1. The number of aliphatic hydroxyl groups excluding tert-OH is 2. The summed E-state index contributed by atoms with van der Waals surface area (Å²) in [6.45, 7) is -1.51. The minimum Gasteiger partial charge on any atom is -0.394 e. The number of hydrogen-bond donors (Lipinski definition) is 4. The highest BCUT2D eigenvalue weighted by molar-refractivity contribution is 5.96. The van der Waals surface area contributed by atoms with E-state index in [1.165, 1.54) is 0 Å². The van der Waals surface area contributed by atoms with Gasteiger partial charge in [-0.05, 0) is 0 Å². The van der Waals surface area contributed by atoms with E-state index in [1.54, 1.807) is 5.32 Å². The lowest BCUT2D eigenvalue weighted by Gasteiger charge is -2.39. The van der Waals surface area contributed by atoms with Gasteiger partial charge in [0.2, 0.25) is 5.91 Å². The van der Waals surface area contributed by atoms with Gasteiger partial charge >= 0.3 is 17.9 Å². The molecule has 4 atom stereocenters. The van der Waals surface area contributed by atoms with E-state index >= 15 is 0 Å². The van der Waals surface area contributed by atoms with Gasteiger partial charge in [0.05, 0.1) is 6.61 Å². The van der Waals surface area contributed by atoms with Crippen molar-refractivity contribution in [3.63, 3.8) is 0 Å². The van der Waals surface area contributed by atoms with E-state index in [0.29, 0.717) is 0 Å². The molecule has 2 heterocycles. The van der Waals surface area contributed by atoms with Crippen LogP contribution in [-0.4, -0.2) is 69.4 Å². The van der Waals surface area contributed by atoms with Crippen LogP contribution in [0.15, 0.2) is 0 Å². The number of rotatable bonds is 2. The Kier molecular flexibility index (Phi) is 3.21. The Morgan fingerprint density at radius 3 is 2.58 bits per heavy atom. The molecule has 2 saturated heterocycles. The fourth-order valence-corrected chi connectivity index (χ4v) is 2.01. The summed E-state index contributed by atoms with van der Waals surface area (Å²) < 4.78 is 32.8. The van der Waals surface area contributed by atoms with E-state index < -0.39 is 49.1 Å². The molecule has 8 nitrogen and oxygen atoms in total. The van der Waals surface area contributed by atoms with Gasteiger partial charge in [-0.1, -0.05) is 0 Å². The number of nitrogens with zero attached hydrogens (tertiary/aromatic N) is 1. The maximum absolute atomic E-state index is 14.5. The van der Waals surface area contributed by atoms with Gasteiger partial charge in [-0.3, -0.25) is 15.0 Å². The molecule has 0 aliphatic carbocycles. The molecule has 10 heteroatoms. The average Bonchev–Trinajstić information content (AvgIpc) is 2.50. The molecule has 0 aromatic rings. The molecular formula is C9H12F2N2O6. The first-order valence-electron chi connectivity index (χ1n) is 5.42. The second-order valence-electron chi connectivity index (χ2n) is 4.27. The van der Waals surface area contributed by atoms with Gasteiger partial charge in [0, 0.05) is 13.0 Å². The Labute approximate surface area is 105 Å². The lowest BCUT2D eigenvalue weighted by atomic mass is 10.1. The molecule has 0 spiro atoms. The zero-order chi connectivity index (χ0) is 14.4. The fraction of sp³-hybridized carbons (Fsp3) is 0.778. The summed E-state index contributed by atoms with van der Waals surface area (Å²) in [6.07, 6.45) is -4.45. The van der Waals surface area contributed by atoms with E-state index in [1.807, 2.05) is 0 Å². The summed E-state index contributed by atoms with van der Waals surface area (Å²) in [7, 11) is 0. The Bertz CT molecular complexity index is 420. The smallest absolute Gasteiger partial charge is 0.356 e. The number of urea groups is 1. The van der Waals surface area contributed by atoms with Gasteiger partial charge in [0.15, 0.2) is 0 Å². The van der Waals surface area contributed by atoms with Crippen LogP contribution >= 0.6 is 0 Å². The molecule has 0 radical (unpaired) electrons. The van der Waals surface area contributed by atoms with Crippen molar-refractivity contribution in [1.82, 2.24) is 10.2 Å². The highest BCUT2D eigenvalue weighted by atomic mass is 19.2. The fourth-order valence-electron chi connectivity index (χ4n) is 2.01. The monoisotopic (exact) mass is 282 g/mol. The summed E-state index contributed by atoms with van der Waals surface area (Å²) in [5, 5.41) is 29.3. The topological polar surface area (TPSA) is 119 Å². The molecule has 4 N–H and O–H groups in total. The first-order chi connectivity index (χ1) is 8.74. The Morgan fingerprint density at radius 2 is 2.11 bits per heavy atom. The molecular weight excluding hydrogens is 270 g/mol. The number of ether oxygens (including phenoxy) is 1. The highest BCUT2D eigenvalue weighted by Gasteiger charge is 2.72. The van der Waals surface area contributed by atoms with E-state index in [0.717, 1.165) is 0 Å². The van der Waals surface area contributed by atoms with Crippen LogP contribution in [0.2, 0.25) is 0 Å². The summed E-state index contributed by atoms with van der Waals surface area (Å²) in [5.74, 6) is -8.31. The number of carbonyl (C=O) groups is 2. The second kappa shape index (κ2) is 4.34. The first-order valence-corrected chi connectivity index (χ1v) is 5.42. The van der Waals surface area contributed by atoms with Crippen LogP contribution in [0.4, 0.5) is 13.6 Å². The Morgan fingerprint density at radius 1 is 1.47 bits per heavy atom. The van der Waals surface area contributed by atoms with Gasteiger partial charge in [0.25, 0.3) is 0 Å². The predicted molar refractivity (Wildman–Crippen MR) is 52.7 cm³/mol. The minimum absolute atomic E-state index is 0.118. The molecule has 0 aromatic carbocycles. The van der Waals surface area contributed by atoms with E-state index in [2.05, 4.69) is 4.74 Å². The third-order valence-corrected chi connectivity index (χ3v) is 3.07. The largest absolute Gasteiger partial charge is 0.394 e. The van der Waals surface area contributed by atoms with Crippen molar-refractivity contribution in [2.45, 2.75) is 30.5 Å². The maximum atomic E-state index is 14.5. The van der Waals surface area contributed by atoms with Crippen molar-refractivity contribution in [1.29, 1.82) is 0 Å². The lowest BCUT2D eigenvalue weighted by molar-refractivity contribution is -0.329. The van der Waals surface area contributed by atoms with Crippen molar-refractivity contribution >= 4 is 11.9 Å². The van der Waals surface area contributed by atoms with Crippen LogP contribution in [0.1, 0.15) is 6.42 Å². The number of hydrogen-bond acceptors (Lipinski definition) is 6. The molecule has 0 bridgehead atoms. The Balaban J connectivity index is 2.31. The number of carbonyl (C=O) groups excluding carboxylic acids is 2. The molecule has 0 saturated carbocycles. The third-order valence-electron chi connectivity index (χ3n) is 3.07.